The molecule has 0 bridgehead atoms. The average molecular weight is 322 g/mol. The highest BCUT2D eigenvalue weighted by molar-refractivity contribution is 7.17. The van der Waals surface area contributed by atoms with Gasteiger partial charge in [-0.3, -0.25) is 10.4 Å². The lowest BCUT2D eigenvalue weighted by molar-refractivity contribution is 1.18. The van der Waals surface area contributed by atoms with E-state index in [-0.39, 0.29) is 5.96 Å². The molecule has 0 amide bonds. The first-order valence-corrected chi connectivity index (χ1v) is 7.54. The average Bonchev–Trinajstić information content (AvgIpc) is 3.06. The van der Waals surface area contributed by atoms with Crippen molar-refractivity contribution in [1.82, 2.24) is 9.97 Å². The predicted molar refractivity (Wildman–Crippen MR) is 88.2 cm³/mol. The fourth-order valence-corrected chi connectivity index (χ4v) is 2.73. The Labute approximate surface area is 129 Å². The summed E-state index contributed by atoms with van der Waals surface area (Å²) in [4.78, 5) is 10.2. The number of hydrazone groups is 1. The van der Waals surface area contributed by atoms with E-state index in [1.165, 1.54) is 22.7 Å². The fourth-order valence-electron chi connectivity index (χ4n) is 1.40. The quantitative estimate of drug-likeness (QED) is 0.435. The summed E-state index contributed by atoms with van der Waals surface area (Å²) in [5.74, 6) is -0.0796. The molecule has 0 aromatic carbocycles. The summed E-state index contributed by atoms with van der Waals surface area (Å²) in [6, 6.07) is 0. The van der Waals surface area contributed by atoms with Crippen LogP contribution >= 0.6 is 22.7 Å². The van der Waals surface area contributed by atoms with E-state index in [1.54, 1.807) is 17.9 Å². The smallest absolute Gasteiger partial charge is 0.211 e. The van der Waals surface area contributed by atoms with Crippen LogP contribution in [-0.4, -0.2) is 27.9 Å². The number of anilines is 1. The SMILES string of the molecule is C/C(=N\N=C(N)N)c1sc(N/N=C/c2cncs2)nc1C. The molecule has 110 valence electrons. The van der Waals surface area contributed by atoms with Crippen molar-refractivity contribution < 1.29 is 0 Å². The Bertz CT molecular complexity index is 679. The number of thiazole rings is 2. The van der Waals surface area contributed by atoms with Gasteiger partial charge < -0.3 is 11.5 Å². The molecule has 0 unspecified atom stereocenters. The van der Waals surface area contributed by atoms with Gasteiger partial charge in [0.2, 0.25) is 11.1 Å². The van der Waals surface area contributed by atoms with E-state index in [1.807, 2.05) is 13.8 Å². The second-order valence-corrected chi connectivity index (χ2v) is 5.83. The Kier molecular flexibility index (Phi) is 4.95. The molecule has 8 nitrogen and oxygen atoms in total. The largest absolute Gasteiger partial charge is 0.369 e. The van der Waals surface area contributed by atoms with Gasteiger partial charge in [-0.1, -0.05) is 11.3 Å². The second kappa shape index (κ2) is 6.90. The van der Waals surface area contributed by atoms with E-state index in [0.717, 1.165) is 15.4 Å². The molecular weight excluding hydrogens is 308 g/mol. The second-order valence-electron chi connectivity index (χ2n) is 3.92. The number of hydrogen-bond donors (Lipinski definition) is 3. The molecule has 0 spiro atoms. The molecule has 10 heteroatoms. The highest BCUT2D eigenvalue weighted by Crippen LogP contribution is 2.23. The van der Waals surface area contributed by atoms with Crippen LogP contribution in [0.3, 0.4) is 0 Å². The van der Waals surface area contributed by atoms with Gasteiger partial charge in [-0.15, -0.1) is 16.4 Å². The molecule has 0 radical (unpaired) electrons. The van der Waals surface area contributed by atoms with Gasteiger partial charge in [-0.05, 0) is 13.8 Å². The Morgan fingerprint density at radius 3 is 2.86 bits per heavy atom. The number of nitrogens with two attached hydrogens (primary N) is 2. The van der Waals surface area contributed by atoms with Crippen LogP contribution in [0.1, 0.15) is 22.4 Å². The number of rotatable bonds is 5. The van der Waals surface area contributed by atoms with Gasteiger partial charge in [-0.2, -0.15) is 10.2 Å². The van der Waals surface area contributed by atoms with Crippen LogP contribution in [0.4, 0.5) is 5.13 Å². The third kappa shape index (κ3) is 4.33. The van der Waals surface area contributed by atoms with Crippen LogP contribution in [-0.2, 0) is 0 Å². The summed E-state index contributed by atoms with van der Waals surface area (Å²) >= 11 is 2.93. The number of aromatic nitrogens is 2. The standard InChI is InChI=1S/C11H14N8S2/c1-6-9(7(2)17-18-10(12)13)21-11(16-6)19-15-4-8-3-14-5-20-8/h3-5H,1-2H3,(H,16,19)(H4,12,13,18)/b15-4+,17-7+. The summed E-state index contributed by atoms with van der Waals surface area (Å²) in [6.45, 7) is 3.70. The number of aryl methyl sites for hydroxylation is 1. The van der Waals surface area contributed by atoms with Crippen molar-refractivity contribution in [2.75, 3.05) is 5.43 Å². The molecule has 0 aliphatic carbocycles. The van der Waals surface area contributed by atoms with Crippen molar-refractivity contribution in [3.63, 3.8) is 0 Å². The van der Waals surface area contributed by atoms with Gasteiger partial charge in [0.25, 0.3) is 0 Å². The Morgan fingerprint density at radius 2 is 2.19 bits per heavy atom. The van der Waals surface area contributed by atoms with Gasteiger partial charge in [0.15, 0.2) is 0 Å². The minimum absolute atomic E-state index is 0.0796. The van der Waals surface area contributed by atoms with Crippen LogP contribution in [0, 0.1) is 6.92 Å². The highest BCUT2D eigenvalue weighted by atomic mass is 32.1. The number of hydrogen-bond acceptors (Lipinski definition) is 8. The van der Waals surface area contributed by atoms with E-state index in [4.69, 9.17) is 11.5 Å². The van der Waals surface area contributed by atoms with Crippen LogP contribution < -0.4 is 16.9 Å². The van der Waals surface area contributed by atoms with Crippen LogP contribution in [0.15, 0.2) is 27.0 Å². The van der Waals surface area contributed by atoms with Crippen molar-refractivity contribution in [2.45, 2.75) is 13.8 Å². The van der Waals surface area contributed by atoms with Crippen LogP contribution in [0.25, 0.3) is 0 Å². The number of nitrogens with zero attached hydrogens (tertiary/aromatic N) is 5. The minimum atomic E-state index is -0.0796. The molecule has 2 aromatic rings. The molecule has 0 atom stereocenters. The first-order chi connectivity index (χ1) is 10.1. The van der Waals surface area contributed by atoms with Gasteiger partial charge in [-0.25, -0.2) is 4.98 Å². The lowest BCUT2D eigenvalue weighted by Gasteiger charge is -1.94. The van der Waals surface area contributed by atoms with Crippen molar-refractivity contribution in [3.05, 3.63) is 27.2 Å². The molecule has 2 rings (SSSR count). The summed E-state index contributed by atoms with van der Waals surface area (Å²) in [6.07, 6.45) is 3.43. The molecule has 5 N–H and O–H groups in total. The topological polar surface area (TPSA) is 127 Å². The normalized spacial score (nSPS) is 11.8. The Balaban J connectivity index is 2.08. The van der Waals surface area contributed by atoms with Gasteiger partial charge in [0, 0.05) is 6.20 Å². The van der Waals surface area contributed by atoms with E-state index in [2.05, 4.69) is 30.7 Å². The zero-order valence-corrected chi connectivity index (χ0v) is 13.1. The lowest BCUT2D eigenvalue weighted by atomic mass is 10.3. The van der Waals surface area contributed by atoms with Gasteiger partial charge in [0.05, 0.1) is 32.9 Å². The first kappa shape index (κ1) is 15.1. The summed E-state index contributed by atoms with van der Waals surface area (Å²) in [5, 5.41) is 12.3. The zero-order chi connectivity index (χ0) is 15.2. The van der Waals surface area contributed by atoms with Gasteiger partial charge in [0.1, 0.15) is 0 Å². The monoisotopic (exact) mass is 322 g/mol. The van der Waals surface area contributed by atoms with Crippen molar-refractivity contribution in [2.24, 2.45) is 26.8 Å². The van der Waals surface area contributed by atoms with E-state index < -0.39 is 0 Å². The number of nitrogens with one attached hydrogen (secondary N) is 1. The van der Waals surface area contributed by atoms with E-state index in [9.17, 15) is 0 Å². The minimum Gasteiger partial charge on any atom is -0.369 e. The molecule has 0 saturated heterocycles. The van der Waals surface area contributed by atoms with E-state index in [0.29, 0.717) is 10.8 Å². The molecule has 0 aliphatic rings. The fraction of sp³-hybridized carbons (Fsp3) is 0.182. The lowest BCUT2D eigenvalue weighted by Crippen LogP contribution is -2.22. The highest BCUT2D eigenvalue weighted by Gasteiger charge is 2.09. The molecule has 2 aromatic heterocycles. The molecular formula is C11H14N8S2. The van der Waals surface area contributed by atoms with Crippen molar-refractivity contribution in [3.8, 4) is 0 Å². The predicted octanol–water partition coefficient (Wildman–Crippen LogP) is 1.35. The van der Waals surface area contributed by atoms with Crippen molar-refractivity contribution in [1.29, 1.82) is 0 Å². The zero-order valence-electron chi connectivity index (χ0n) is 11.4. The summed E-state index contributed by atoms with van der Waals surface area (Å²) in [5.41, 5.74) is 16.6. The summed E-state index contributed by atoms with van der Waals surface area (Å²) < 4.78 is 0. The first-order valence-electron chi connectivity index (χ1n) is 5.85. The van der Waals surface area contributed by atoms with Crippen LogP contribution in [0.5, 0.6) is 0 Å². The van der Waals surface area contributed by atoms with E-state index >= 15 is 0 Å². The molecule has 2 heterocycles. The summed E-state index contributed by atoms with van der Waals surface area (Å²) in [7, 11) is 0. The Hall–Kier alpha value is -2.33. The third-order valence-electron chi connectivity index (χ3n) is 2.24. The third-order valence-corrected chi connectivity index (χ3v) is 4.13. The molecule has 21 heavy (non-hydrogen) atoms. The van der Waals surface area contributed by atoms with Crippen LogP contribution in [0.2, 0.25) is 0 Å². The molecule has 0 saturated carbocycles. The maximum absolute atomic E-state index is 5.25. The molecule has 0 aliphatic heterocycles. The van der Waals surface area contributed by atoms with Gasteiger partial charge >= 0.3 is 0 Å². The molecule has 0 fully saturated rings. The number of guanidine groups is 1. The Morgan fingerprint density at radius 1 is 1.38 bits per heavy atom. The maximum Gasteiger partial charge on any atom is 0.211 e. The van der Waals surface area contributed by atoms with Crippen molar-refractivity contribution >= 4 is 45.7 Å². The maximum atomic E-state index is 5.25.